The van der Waals surface area contributed by atoms with Crippen molar-refractivity contribution in [3.63, 3.8) is 0 Å². The van der Waals surface area contributed by atoms with Gasteiger partial charge in [-0.05, 0) is 18.6 Å². The van der Waals surface area contributed by atoms with Crippen molar-refractivity contribution in [1.82, 2.24) is 19.5 Å². The van der Waals surface area contributed by atoms with Crippen molar-refractivity contribution < 1.29 is 0 Å². The fourth-order valence-corrected chi connectivity index (χ4v) is 2.79. The zero-order chi connectivity index (χ0) is 13.7. The quantitative estimate of drug-likeness (QED) is 0.741. The number of hydrogen-bond acceptors (Lipinski definition) is 6. The standard InChI is InChI=1S/C12H20N6S/c1-2-9(13)6-19-5-3-4-18-8-17-10-11(14)15-7-16-12(10)18/h7-9H,2-6,13H2,1H3,(H2,14,15,16). The molecule has 1 unspecified atom stereocenters. The number of nitrogen functional groups attached to an aromatic ring is 1. The van der Waals surface area contributed by atoms with E-state index < -0.39 is 0 Å². The molecule has 4 N–H and O–H groups in total. The van der Waals surface area contributed by atoms with Crippen LogP contribution in [0.5, 0.6) is 0 Å². The van der Waals surface area contributed by atoms with Gasteiger partial charge >= 0.3 is 0 Å². The van der Waals surface area contributed by atoms with Crippen LogP contribution in [0.4, 0.5) is 5.82 Å². The van der Waals surface area contributed by atoms with E-state index in [1.165, 1.54) is 6.33 Å². The van der Waals surface area contributed by atoms with Gasteiger partial charge in [0, 0.05) is 18.3 Å². The normalized spacial score (nSPS) is 12.9. The maximum atomic E-state index is 5.87. The van der Waals surface area contributed by atoms with Crippen LogP contribution in [0.3, 0.4) is 0 Å². The second-order valence-corrected chi connectivity index (χ2v) is 5.62. The number of nitrogens with zero attached hydrogens (tertiary/aromatic N) is 4. The van der Waals surface area contributed by atoms with Gasteiger partial charge in [-0.15, -0.1) is 0 Å². The van der Waals surface area contributed by atoms with Gasteiger partial charge in [0.1, 0.15) is 11.8 Å². The van der Waals surface area contributed by atoms with Crippen molar-refractivity contribution in [2.75, 3.05) is 17.2 Å². The van der Waals surface area contributed by atoms with Crippen LogP contribution in [0.1, 0.15) is 19.8 Å². The average Bonchev–Trinajstić information content (AvgIpc) is 2.83. The Labute approximate surface area is 117 Å². The Bertz CT molecular complexity index is 526. The van der Waals surface area contributed by atoms with Crippen LogP contribution < -0.4 is 11.5 Å². The molecule has 0 aliphatic rings. The van der Waals surface area contributed by atoms with Crippen molar-refractivity contribution in [2.45, 2.75) is 32.4 Å². The van der Waals surface area contributed by atoms with E-state index in [9.17, 15) is 0 Å². The van der Waals surface area contributed by atoms with Crippen molar-refractivity contribution in [2.24, 2.45) is 5.73 Å². The molecule has 0 saturated carbocycles. The van der Waals surface area contributed by atoms with E-state index in [2.05, 4.69) is 21.9 Å². The summed E-state index contributed by atoms with van der Waals surface area (Å²) in [4.78, 5) is 12.4. The number of nitrogens with two attached hydrogens (primary N) is 2. The van der Waals surface area contributed by atoms with Crippen LogP contribution in [0.15, 0.2) is 12.7 Å². The first-order chi connectivity index (χ1) is 9.22. The Morgan fingerprint density at radius 1 is 1.37 bits per heavy atom. The van der Waals surface area contributed by atoms with Gasteiger partial charge in [0.15, 0.2) is 11.5 Å². The first-order valence-electron chi connectivity index (χ1n) is 6.47. The van der Waals surface area contributed by atoms with Gasteiger partial charge in [0.05, 0.1) is 6.33 Å². The molecule has 104 valence electrons. The van der Waals surface area contributed by atoms with Gasteiger partial charge in [0.25, 0.3) is 0 Å². The number of hydrogen-bond donors (Lipinski definition) is 2. The lowest BCUT2D eigenvalue weighted by Gasteiger charge is -2.08. The zero-order valence-electron chi connectivity index (χ0n) is 11.1. The first kappa shape index (κ1) is 14.1. The molecule has 2 rings (SSSR count). The molecule has 2 aromatic rings. The van der Waals surface area contributed by atoms with Crippen molar-refractivity contribution >= 4 is 28.7 Å². The van der Waals surface area contributed by atoms with Gasteiger partial charge in [-0.2, -0.15) is 11.8 Å². The van der Waals surface area contributed by atoms with Crippen LogP contribution in [0.2, 0.25) is 0 Å². The highest BCUT2D eigenvalue weighted by Gasteiger charge is 2.07. The van der Waals surface area contributed by atoms with E-state index in [1.54, 1.807) is 6.33 Å². The van der Waals surface area contributed by atoms with Gasteiger partial charge in [-0.3, -0.25) is 0 Å². The molecule has 2 heterocycles. The Hall–Kier alpha value is -1.34. The van der Waals surface area contributed by atoms with Crippen LogP contribution >= 0.6 is 11.8 Å². The van der Waals surface area contributed by atoms with E-state index in [0.717, 1.165) is 36.5 Å². The molecule has 0 aliphatic heterocycles. The topological polar surface area (TPSA) is 95.6 Å². The first-order valence-corrected chi connectivity index (χ1v) is 7.62. The molecular weight excluding hydrogens is 260 g/mol. The van der Waals surface area contributed by atoms with Crippen molar-refractivity contribution in [3.8, 4) is 0 Å². The predicted molar refractivity (Wildman–Crippen MR) is 79.9 cm³/mol. The average molecular weight is 280 g/mol. The molecule has 0 aromatic carbocycles. The Kier molecular flexibility index (Phi) is 4.98. The maximum Gasteiger partial charge on any atom is 0.165 e. The molecular formula is C12H20N6S. The molecule has 6 nitrogen and oxygen atoms in total. The monoisotopic (exact) mass is 280 g/mol. The molecule has 0 radical (unpaired) electrons. The van der Waals surface area contributed by atoms with Gasteiger partial charge in [0.2, 0.25) is 0 Å². The van der Waals surface area contributed by atoms with Gasteiger partial charge in [-0.1, -0.05) is 6.92 Å². The summed E-state index contributed by atoms with van der Waals surface area (Å²) in [6.45, 7) is 3.01. The summed E-state index contributed by atoms with van der Waals surface area (Å²) in [5.41, 5.74) is 13.1. The number of fused-ring (bicyclic) bond motifs is 1. The smallest absolute Gasteiger partial charge is 0.165 e. The maximum absolute atomic E-state index is 5.87. The molecule has 0 spiro atoms. The third-order valence-corrected chi connectivity index (χ3v) is 4.21. The molecule has 0 amide bonds. The second kappa shape index (κ2) is 6.72. The molecule has 1 atom stereocenters. The zero-order valence-corrected chi connectivity index (χ0v) is 11.9. The number of rotatable bonds is 7. The highest BCUT2D eigenvalue weighted by molar-refractivity contribution is 7.99. The summed E-state index contributed by atoms with van der Waals surface area (Å²) < 4.78 is 2.02. The molecule has 0 saturated heterocycles. The third-order valence-electron chi connectivity index (χ3n) is 2.97. The van der Waals surface area contributed by atoms with Crippen LogP contribution in [-0.2, 0) is 6.54 Å². The summed E-state index contributed by atoms with van der Waals surface area (Å²) in [5.74, 6) is 2.55. The lowest BCUT2D eigenvalue weighted by atomic mass is 10.3. The Morgan fingerprint density at radius 3 is 3.00 bits per heavy atom. The minimum absolute atomic E-state index is 0.312. The van der Waals surface area contributed by atoms with Crippen LogP contribution in [0, 0.1) is 0 Å². The van der Waals surface area contributed by atoms with Gasteiger partial charge < -0.3 is 16.0 Å². The molecule has 0 bridgehead atoms. The van der Waals surface area contributed by atoms with E-state index in [-0.39, 0.29) is 0 Å². The van der Waals surface area contributed by atoms with Crippen LogP contribution in [-0.4, -0.2) is 37.1 Å². The molecule has 0 aliphatic carbocycles. The fraction of sp³-hybridized carbons (Fsp3) is 0.583. The number of aromatic nitrogens is 4. The Balaban J connectivity index is 1.84. The third kappa shape index (κ3) is 3.57. The summed E-state index contributed by atoms with van der Waals surface area (Å²) >= 11 is 1.90. The lowest BCUT2D eigenvalue weighted by Crippen LogP contribution is -2.21. The number of imidazole rings is 1. The van der Waals surface area contributed by atoms with E-state index in [0.29, 0.717) is 17.4 Å². The number of thioether (sulfide) groups is 1. The van der Waals surface area contributed by atoms with E-state index >= 15 is 0 Å². The predicted octanol–water partition coefficient (Wildman–Crippen LogP) is 1.27. The minimum Gasteiger partial charge on any atom is -0.382 e. The molecule has 2 aromatic heterocycles. The van der Waals surface area contributed by atoms with E-state index in [4.69, 9.17) is 11.5 Å². The molecule has 19 heavy (non-hydrogen) atoms. The second-order valence-electron chi connectivity index (χ2n) is 4.47. The molecule has 7 heteroatoms. The largest absolute Gasteiger partial charge is 0.382 e. The van der Waals surface area contributed by atoms with E-state index in [1.807, 2.05) is 16.3 Å². The van der Waals surface area contributed by atoms with Crippen LogP contribution in [0.25, 0.3) is 11.2 Å². The van der Waals surface area contributed by atoms with Crippen molar-refractivity contribution in [3.05, 3.63) is 12.7 Å². The summed E-state index contributed by atoms with van der Waals surface area (Å²) in [6.07, 6.45) is 5.36. The number of anilines is 1. The molecule has 0 fully saturated rings. The minimum atomic E-state index is 0.312. The lowest BCUT2D eigenvalue weighted by molar-refractivity contribution is 0.693. The SMILES string of the molecule is CCC(N)CSCCCn1cnc2c(N)ncnc21. The highest BCUT2D eigenvalue weighted by Crippen LogP contribution is 2.15. The summed E-state index contributed by atoms with van der Waals surface area (Å²) in [7, 11) is 0. The van der Waals surface area contributed by atoms with Gasteiger partial charge in [-0.25, -0.2) is 15.0 Å². The summed E-state index contributed by atoms with van der Waals surface area (Å²) in [5, 5.41) is 0. The summed E-state index contributed by atoms with van der Waals surface area (Å²) in [6, 6.07) is 0.312. The Morgan fingerprint density at radius 2 is 2.21 bits per heavy atom. The highest BCUT2D eigenvalue weighted by atomic mass is 32.2. The fourth-order valence-electron chi connectivity index (χ4n) is 1.75. The van der Waals surface area contributed by atoms with Crippen molar-refractivity contribution in [1.29, 1.82) is 0 Å². The number of aryl methyl sites for hydroxylation is 1.